The van der Waals surface area contributed by atoms with Gasteiger partial charge >= 0.3 is 0 Å². The molecule has 0 saturated heterocycles. The summed E-state index contributed by atoms with van der Waals surface area (Å²) in [7, 11) is 2.02. The van der Waals surface area contributed by atoms with Crippen LogP contribution in [0.25, 0.3) is 0 Å². The first-order valence-electron chi connectivity index (χ1n) is 7.24. The van der Waals surface area contributed by atoms with Crippen molar-refractivity contribution >= 4 is 0 Å². The van der Waals surface area contributed by atoms with Crippen molar-refractivity contribution in [2.75, 3.05) is 7.05 Å². The fourth-order valence-electron chi connectivity index (χ4n) is 2.49. The van der Waals surface area contributed by atoms with Crippen LogP contribution in [0, 0.1) is 13.8 Å². The van der Waals surface area contributed by atoms with Crippen LogP contribution in [-0.4, -0.2) is 27.9 Å². The van der Waals surface area contributed by atoms with E-state index in [2.05, 4.69) is 54.4 Å². The van der Waals surface area contributed by atoms with Gasteiger partial charge in [0.15, 0.2) is 0 Å². The zero-order chi connectivity index (χ0) is 14.5. The molecular weight excluding hydrogens is 248 g/mol. The average Bonchev–Trinajstić information content (AvgIpc) is 2.89. The Morgan fingerprint density at radius 1 is 1.25 bits per heavy atom. The summed E-state index contributed by atoms with van der Waals surface area (Å²) in [6, 6.07) is 7.03. The van der Waals surface area contributed by atoms with Gasteiger partial charge in [0, 0.05) is 19.0 Å². The minimum absolute atomic E-state index is 0.380. The van der Waals surface area contributed by atoms with E-state index in [0.29, 0.717) is 6.04 Å². The maximum atomic E-state index is 4.37. The Balaban J connectivity index is 2.11. The first-order valence-corrected chi connectivity index (χ1v) is 7.24. The van der Waals surface area contributed by atoms with E-state index in [1.165, 1.54) is 16.7 Å². The topological polar surface area (TPSA) is 42.7 Å². The first kappa shape index (κ1) is 14.7. The summed E-state index contributed by atoms with van der Waals surface area (Å²) in [6.45, 7) is 7.29. The molecule has 0 aliphatic heterocycles. The number of likely N-dealkylation sites (N-methyl/N-ethyl adjacent to an activating group) is 1. The van der Waals surface area contributed by atoms with Gasteiger partial charge in [-0.1, -0.05) is 23.8 Å². The number of nitrogens with one attached hydrogen (secondary N) is 1. The molecule has 2 aromatic rings. The van der Waals surface area contributed by atoms with Gasteiger partial charge < -0.3 is 5.32 Å². The number of aromatic nitrogens is 3. The molecule has 0 aliphatic carbocycles. The van der Waals surface area contributed by atoms with Crippen LogP contribution in [0.3, 0.4) is 0 Å². The molecule has 0 aliphatic rings. The van der Waals surface area contributed by atoms with Crippen molar-refractivity contribution in [2.45, 2.75) is 46.2 Å². The highest BCUT2D eigenvalue weighted by molar-refractivity contribution is 5.31. The molecule has 20 heavy (non-hydrogen) atoms. The fourth-order valence-corrected chi connectivity index (χ4v) is 2.49. The predicted molar refractivity (Wildman–Crippen MR) is 81.9 cm³/mol. The van der Waals surface area contributed by atoms with Crippen molar-refractivity contribution < 1.29 is 0 Å². The van der Waals surface area contributed by atoms with Crippen LogP contribution in [0.15, 0.2) is 24.5 Å². The number of aryl methyl sites for hydroxylation is 3. The minimum atomic E-state index is 0.380. The van der Waals surface area contributed by atoms with Gasteiger partial charge in [-0.15, -0.1) is 0 Å². The van der Waals surface area contributed by atoms with E-state index >= 15 is 0 Å². The van der Waals surface area contributed by atoms with Crippen molar-refractivity contribution in [2.24, 2.45) is 0 Å². The molecule has 1 aromatic carbocycles. The summed E-state index contributed by atoms with van der Waals surface area (Å²) in [5.41, 5.74) is 4.08. The Hall–Kier alpha value is -1.68. The lowest BCUT2D eigenvalue weighted by molar-refractivity contribution is 0.512. The van der Waals surface area contributed by atoms with Crippen LogP contribution in [0.5, 0.6) is 0 Å². The lowest BCUT2D eigenvalue weighted by Gasteiger charge is -2.17. The normalized spacial score (nSPS) is 12.6. The van der Waals surface area contributed by atoms with Gasteiger partial charge in [-0.25, -0.2) is 4.98 Å². The van der Waals surface area contributed by atoms with Gasteiger partial charge in [0.25, 0.3) is 0 Å². The largest absolute Gasteiger partial charge is 0.316 e. The summed E-state index contributed by atoms with van der Waals surface area (Å²) in [5.74, 6) is 1.05. The highest BCUT2D eigenvalue weighted by Crippen LogP contribution is 2.14. The van der Waals surface area contributed by atoms with Gasteiger partial charge in [0.1, 0.15) is 12.2 Å². The molecule has 108 valence electrons. The van der Waals surface area contributed by atoms with Crippen molar-refractivity contribution in [3.05, 3.63) is 47.0 Å². The molecule has 0 spiro atoms. The minimum Gasteiger partial charge on any atom is -0.316 e. The molecule has 0 amide bonds. The van der Waals surface area contributed by atoms with E-state index in [0.717, 1.165) is 25.2 Å². The Bertz CT molecular complexity index is 559. The van der Waals surface area contributed by atoms with E-state index < -0.39 is 0 Å². The van der Waals surface area contributed by atoms with E-state index in [4.69, 9.17) is 0 Å². The van der Waals surface area contributed by atoms with E-state index in [1.54, 1.807) is 6.33 Å². The van der Waals surface area contributed by atoms with Crippen LogP contribution < -0.4 is 5.32 Å². The highest BCUT2D eigenvalue weighted by Gasteiger charge is 2.13. The van der Waals surface area contributed by atoms with Crippen molar-refractivity contribution in [3.8, 4) is 0 Å². The summed E-state index contributed by atoms with van der Waals surface area (Å²) in [5, 5.41) is 7.64. The molecule has 4 heteroatoms. The second kappa shape index (κ2) is 6.66. The number of nitrogens with zero attached hydrogens (tertiary/aromatic N) is 3. The van der Waals surface area contributed by atoms with Crippen LogP contribution in [0.1, 0.15) is 29.4 Å². The molecule has 1 unspecified atom stereocenters. The molecule has 2 rings (SSSR count). The molecule has 1 heterocycles. The van der Waals surface area contributed by atoms with Crippen LogP contribution in [0.4, 0.5) is 0 Å². The standard InChI is InChI=1S/C16H24N4/c1-5-20-16(18-11-19-20)10-15(17-4)9-14-8-12(2)6-7-13(14)3/h6-8,11,15,17H,5,9-10H2,1-4H3. The average molecular weight is 272 g/mol. The third kappa shape index (κ3) is 3.45. The maximum absolute atomic E-state index is 4.37. The van der Waals surface area contributed by atoms with Crippen molar-refractivity contribution in [1.82, 2.24) is 20.1 Å². The zero-order valence-electron chi connectivity index (χ0n) is 12.8. The van der Waals surface area contributed by atoms with Crippen molar-refractivity contribution in [3.63, 3.8) is 0 Å². The van der Waals surface area contributed by atoms with Gasteiger partial charge in [0.05, 0.1) is 0 Å². The number of hydrogen-bond donors (Lipinski definition) is 1. The Morgan fingerprint density at radius 2 is 2.05 bits per heavy atom. The monoisotopic (exact) mass is 272 g/mol. The lowest BCUT2D eigenvalue weighted by atomic mass is 9.97. The first-order chi connectivity index (χ1) is 9.63. The molecule has 1 atom stereocenters. The number of rotatable bonds is 6. The molecule has 1 aromatic heterocycles. The zero-order valence-corrected chi connectivity index (χ0v) is 12.8. The number of hydrogen-bond acceptors (Lipinski definition) is 3. The summed E-state index contributed by atoms with van der Waals surface area (Å²) in [6.07, 6.45) is 3.56. The molecule has 0 bridgehead atoms. The van der Waals surface area contributed by atoms with E-state index in [-0.39, 0.29) is 0 Å². The number of benzene rings is 1. The third-order valence-electron chi connectivity index (χ3n) is 3.80. The fraction of sp³-hybridized carbons (Fsp3) is 0.500. The highest BCUT2D eigenvalue weighted by atomic mass is 15.3. The second-order valence-corrected chi connectivity index (χ2v) is 5.32. The van der Waals surface area contributed by atoms with Gasteiger partial charge in [-0.05, 0) is 45.4 Å². The quantitative estimate of drug-likeness (QED) is 0.877. The van der Waals surface area contributed by atoms with Gasteiger partial charge in [-0.2, -0.15) is 5.10 Å². The van der Waals surface area contributed by atoms with E-state index in [9.17, 15) is 0 Å². The summed E-state index contributed by atoms with van der Waals surface area (Å²) in [4.78, 5) is 4.37. The lowest BCUT2D eigenvalue weighted by Crippen LogP contribution is -2.31. The third-order valence-corrected chi connectivity index (χ3v) is 3.80. The molecular formula is C16H24N4. The van der Waals surface area contributed by atoms with E-state index in [1.807, 2.05) is 11.7 Å². The Morgan fingerprint density at radius 3 is 2.75 bits per heavy atom. The van der Waals surface area contributed by atoms with Gasteiger partial charge in [0.2, 0.25) is 0 Å². The second-order valence-electron chi connectivity index (χ2n) is 5.32. The summed E-state index contributed by atoms with van der Waals surface area (Å²) < 4.78 is 1.97. The Kier molecular flexibility index (Phi) is 4.90. The van der Waals surface area contributed by atoms with Crippen LogP contribution in [-0.2, 0) is 19.4 Å². The SMILES string of the molecule is CCn1ncnc1CC(Cc1cc(C)ccc1C)NC. The summed E-state index contributed by atoms with van der Waals surface area (Å²) >= 11 is 0. The van der Waals surface area contributed by atoms with Gasteiger partial charge in [-0.3, -0.25) is 4.68 Å². The van der Waals surface area contributed by atoms with Crippen molar-refractivity contribution in [1.29, 1.82) is 0 Å². The predicted octanol–water partition coefficient (Wildman–Crippen LogP) is 2.29. The smallest absolute Gasteiger partial charge is 0.138 e. The molecule has 0 radical (unpaired) electrons. The van der Waals surface area contributed by atoms with Crippen LogP contribution >= 0.6 is 0 Å². The molecule has 0 fully saturated rings. The Labute approximate surface area is 121 Å². The maximum Gasteiger partial charge on any atom is 0.138 e. The molecule has 1 N–H and O–H groups in total. The van der Waals surface area contributed by atoms with Crippen LogP contribution in [0.2, 0.25) is 0 Å². The molecule has 0 saturated carbocycles. The molecule has 4 nitrogen and oxygen atoms in total.